The highest BCUT2D eigenvalue weighted by Gasteiger charge is 2.15. The number of nitrogens with zero attached hydrogens (tertiary/aromatic N) is 2. The van der Waals surface area contributed by atoms with Gasteiger partial charge in [0.25, 0.3) is 0 Å². The number of para-hydroxylation sites is 1. The van der Waals surface area contributed by atoms with Gasteiger partial charge in [0.1, 0.15) is 5.75 Å². The van der Waals surface area contributed by atoms with Crippen LogP contribution >= 0.6 is 12.2 Å². The summed E-state index contributed by atoms with van der Waals surface area (Å²) >= 11 is 5.17. The number of hydrogen-bond acceptors (Lipinski definition) is 3. The largest absolute Gasteiger partial charge is 0.482 e. The quantitative estimate of drug-likeness (QED) is 0.860. The molecule has 0 saturated heterocycles. The van der Waals surface area contributed by atoms with Crippen LogP contribution in [0.15, 0.2) is 24.3 Å². The molecule has 0 radical (unpaired) electrons. The molecule has 2 rings (SSSR count). The summed E-state index contributed by atoms with van der Waals surface area (Å²) in [4.78, 5) is 0. The number of benzene rings is 1. The maximum absolute atomic E-state index is 5.94. The van der Waals surface area contributed by atoms with Crippen molar-refractivity contribution in [1.82, 2.24) is 14.8 Å². The molecule has 0 aliphatic carbocycles. The van der Waals surface area contributed by atoms with Gasteiger partial charge >= 0.3 is 0 Å². The summed E-state index contributed by atoms with van der Waals surface area (Å²) < 4.78 is 8.51. The Morgan fingerprint density at radius 1 is 1.44 bits per heavy atom. The number of aromatic amines is 1. The minimum atomic E-state index is -0.140. The Morgan fingerprint density at radius 3 is 2.83 bits per heavy atom. The lowest BCUT2D eigenvalue weighted by atomic mass is 10.2. The molecule has 1 unspecified atom stereocenters. The molecule has 1 aromatic carbocycles. The third kappa shape index (κ3) is 2.46. The molecule has 5 heteroatoms. The number of ether oxygens (including phenoxy) is 1. The number of nitrogens with one attached hydrogen (secondary N) is 1. The van der Waals surface area contributed by atoms with Crippen LogP contribution in [-0.2, 0) is 6.54 Å². The predicted molar refractivity (Wildman–Crippen MR) is 73.3 cm³/mol. The molecule has 0 bridgehead atoms. The second kappa shape index (κ2) is 5.35. The summed E-state index contributed by atoms with van der Waals surface area (Å²) in [5.41, 5.74) is 1.11. The van der Waals surface area contributed by atoms with Crippen molar-refractivity contribution < 1.29 is 4.74 Å². The van der Waals surface area contributed by atoms with E-state index in [-0.39, 0.29) is 6.10 Å². The van der Waals surface area contributed by atoms with Crippen LogP contribution in [0.5, 0.6) is 5.75 Å². The van der Waals surface area contributed by atoms with Crippen LogP contribution in [0, 0.1) is 11.7 Å². The molecule has 1 atom stereocenters. The van der Waals surface area contributed by atoms with Gasteiger partial charge in [-0.2, -0.15) is 5.10 Å². The zero-order valence-electron chi connectivity index (χ0n) is 10.8. The van der Waals surface area contributed by atoms with Crippen LogP contribution in [0.3, 0.4) is 0 Å². The zero-order chi connectivity index (χ0) is 13.1. The van der Waals surface area contributed by atoms with Gasteiger partial charge in [-0.3, -0.25) is 5.10 Å². The van der Waals surface area contributed by atoms with Crippen LogP contribution < -0.4 is 4.74 Å². The fraction of sp³-hybridized carbons (Fsp3) is 0.385. The monoisotopic (exact) mass is 263 g/mol. The van der Waals surface area contributed by atoms with E-state index in [4.69, 9.17) is 17.0 Å². The van der Waals surface area contributed by atoms with E-state index < -0.39 is 0 Å². The fourth-order valence-corrected chi connectivity index (χ4v) is 2.15. The van der Waals surface area contributed by atoms with E-state index in [1.54, 1.807) is 0 Å². The molecule has 0 fully saturated rings. The van der Waals surface area contributed by atoms with Crippen LogP contribution in [0.1, 0.15) is 31.3 Å². The summed E-state index contributed by atoms with van der Waals surface area (Å²) in [7, 11) is 0. The van der Waals surface area contributed by atoms with Gasteiger partial charge in [0.05, 0.1) is 0 Å². The molecule has 18 heavy (non-hydrogen) atoms. The van der Waals surface area contributed by atoms with E-state index in [0.29, 0.717) is 4.77 Å². The lowest BCUT2D eigenvalue weighted by molar-refractivity contribution is 0.209. The maximum atomic E-state index is 5.94. The van der Waals surface area contributed by atoms with Gasteiger partial charge < -0.3 is 9.30 Å². The average Bonchev–Trinajstić information content (AvgIpc) is 2.73. The van der Waals surface area contributed by atoms with Gasteiger partial charge in [-0.25, -0.2) is 0 Å². The van der Waals surface area contributed by atoms with Crippen molar-refractivity contribution >= 4 is 12.2 Å². The second-order valence-corrected chi connectivity index (χ2v) is 4.54. The molecule has 4 nitrogen and oxygen atoms in total. The first-order chi connectivity index (χ1) is 8.63. The topological polar surface area (TPSA) is 42.8 Å². The van der Waals surface area contributed by atoms with Crippen LogP contribution in [0.25, 0.3) is 0 Å². The van der Waals surface area contributed by atoms with Crippen LogP contribution in [0.2, 0.25) is 0 Å². The first kappa shape index (κ1) is 12.8. The molecule has 1 N–H and O–H groups in total. The summed E-state index contributed by atoms with van der Waals surface area (Å²) in [5, 5.41) is 7.04. The third-order valence-electron chi connectivity index (χ3n) is 2.86. The van der Waals surface area contributed by atoms with Crippen molar-refractivity contribution in [2.75, 3.05) is 0 Å². The zero-order valence-corrected chi connectivity index (χ0v) is 11.6. The number of aromatic nitrogens is 3. The summed E-state index contributed by atoms with van der Waals surface area (Å²) in [6.07, 6.45) is -0.140. The van der Waals surface area contributed by atoms with Crippen molar-refractivity contribution in [3.05, 3.63) is 40.4 Å². The van der Waals surface area contributed by atoms with Gasteiger partial charge in [-0.1, -0.05) is 18.2 Å². The molecule has 0 aliphatic rings. The van der Waals surface area contributed by atoms with Crippen molar-refractivity contribution in [1.29, 1.82) is 0 Å². The molecule has 2 aromatic rings. The molecule has 0 aliphatic heterocycles. The van der Waals surface area contributed by atoms with E-state index >= 15 is 0 Å². The van der Waals surface area contributed by atoms with Gasteiger partial charge in [0.15, 0.2) is 16.7 Å². The van der Waals surface area contributed by atoms with Gasteiger partial charge in [0, 0.05) is 6.54 Å². The van der Waals surface area contributed by atoms with Gasteiger partial charge in [-0.05, 0) is 44.6 Å². The molecule has 96 valence electrons. The first-order valence-electron chi connectivity index (χ1n) is 6.01. The Labute approximate surface area is 112 Å². The van der Waals surface area contributed by atoms with Gasteiger partial charge in [-0.15, -0.1) is 0 Å². The molecular weight excluding hydrogens is 246 g/mol. The van der Waals surface area contributed by atoms with Crippen LogP contribution in [0.4, 0.5) is 0 Å². The van der Waals surface area contributed by atoms with E-state index in [0.717, 1.165) is 23.7 Å². The molecular formula is C13H17N3OS. The normalized spacial score (nSPS) is 12.4. The maximum Gasteiger partial charge on any atom is 0.195 e. The Kier molecular flexibility index (Phi) is 3.81. The highest BCUT2D eigenvalue weighted by Crippen LogP contribution is 2.23. The van der Waals surface area contributed by atoms with E-state index in [9.17, 15) is 0 Å². The number of H-pyrrole nitrogens is 1. The summed E-state index contributed by atoms with van der Waals surface area (Å²) in [6, 6.07) is 7.95. The number of rotatable bonds is 4. The van der Waals surface area contributed by atoms with E-state index in [1.165, 1.54) is 0 Å². The SMILES string of the molecule is CCn1c(C(C)Oc2ccccc2C)n[nH]c1=S. The van der Waals surface area contributed by atoms with Crippen LogP contribution in [-0.4, -0.2) is 14.8 Å². The number of hydrogen-bond donors (Lipinski definition) is 1. The lowest BCUT2D eigenvalue weighted by Gasteiger charge is -2.16. The standard InChI is InChI=1S/C13H17N3OS/c1-4-16-12(14-15-13(16)18)10(3)17-11-8-6-5-7-9(11)2/h5-8,10H,4H2,1-3H3,(H,15,18). The number of aryl methyl sites for hydroxylation is 1. The minimum absolute atomic E-state index is 0.140. The predicted octanol–water partition coefficient (Wildman–Crippen LogP) is 3.41. The minimum Gasteiger partial charge on any atom is -0.482 e. The van der Waals surface area contributed by atoms with Crippen molar-refractivity contribution in [2.24, 2.45) is 0 Å². The smallest absolute Gasteiger partial charge is 0.195 e. The Balaban J connectivity index is 2.25. The molecule has 1 aromatic heterocycles. The molecule has 0 spiro atoms. The molecule has 1 heterocycles. The highest BCUT2D eigenvalue weighted by atomic mass is 32.1. The van der Waals surface area contributed by atoms with Crippen molar-refractivity contribution in [3.8, 4) is 5.75 Å². The lowest BCUT2D eigenvalue weighted by Crippen LogP contribution is -2.11. The molecule has 0 saturated carbocycles. The Morgan fingerprint density at radius 2 is 2.17 bits per heavy atom. The van der Waals surface area contributed by atoms with E-state index in [1.807, 2.05) is 49.6 Å². The first-order valence-corrected chi connectivity index (χ1v) is 6.41. The summed E-state index contributed by atoms with van der Waals surface area (Å²) in [6.45, 7) is 6.82. The van der Waals surface area contributed by atoms with Gasteiger partial charge in [0.2, 0.25) is 0 Å². The summed E-state index contributed by atoms with van der Waals surface area (Å²) in [5.74, 6) is 1.70. The Hall–Kier alpha value is -1.62. The molecule has 0 amide bonds. The van der Waals surface area contributed by atoms with E-state index in [2.05, 4.69) is 10.2 Å². The second-order valence-electron chi connectivity index (χ2n) is 4.16. The van der Waals surface area contributed by atoms with Crippen molar-refractivity contribution in [3.63, 3.8) is 0 Å². The average molecular weight is 263 g/mol. The third-order valence-corrected chi connectivity index (χ3v) is 3.18. The Bertz CT molecular complexity index is 588. The highest BCUT2D eigenvalue weighted by molar-refractivity contribution is 7.71. The van der Waals surface area contributed by atoms with Crippen molar-refractivity contribution in [2.45, 2.75) is 33.4 Å². The fourth-order valence-electron chi connectivity index (χ4n) is 1.88.